The van der Waals surface area contributed by atoms with Crippen LogP contribution in [0.3, 0.4) is 0 Å². The van der Waals surface area contributed by atoms with Crippen molar-refractivity contribution in [2.24, 2.45) is 0 Å². The summed E-state index contributed by atoms with van der Waals surface area (Å²) in [6.07, 6.45) is 0.512. The molecule has 0 saturated heterocycles. The van der Waals surface area contributed by atoms with E-state index in [0.29, 0.717) is 29.1 Å². The summed E-state index contributed by atoms with van der Waals surface area (Å²) in [5.74, 6) is -0.856. The van der Waals surface area contributed by atoms with Crippen LogP contribution in [0.1, 0.15) is 34.3 Å². The molecule has 0 spiro atoms. The highest BCUT2D eigenvalue weighted by atomic mass is 35.5. The lowest BCUT2D eigenvalue weighted by Gasteiger charge is -2.07. The Bertz CT molecular complexity index is 823. The number of aromatic nitrogens is 1. The van der Waals surface area contributed by atoms with Gasteiger partial charge in [-0.1, -0.05) is 23.7 Å². The predicted octanol–water partition coefficient (Wildman–Crippen LogP) is 2.87. The van der Waals surface area contributed by atoms with Gasteiger partial charge in [-0.15, -0.1) is 0 Å². The van der Waals surface area contributed by atoms with Crippen LogP contribution in [-0.4, -0.2) is 23.6 Å². The maximum absolute atomic E-state index is 12.0. The van der Waals surface area contributed by atoms with Gasteiger partial charge in [0, 0.05) is 5.69 Å². The van der Waals surface area contributed by atoms with Crippen molar-refractivity contribution in [3.63, 3.8) is 0 Å². The van der Waals surface area contributed by atoms with Crippen LogP contribution in [0.2, 0.25) is 5.02 Å². The quantitative estimate of drug-likeness (QED) is 0.834. The Morgan fingerprint density at radius 3 is 2.83 bits per heavy atom. The van der Waals surface area contributed by atoms with E-state index in [4.69, 9.17) is 26.1 Å². The van der Waals surface area contributed by atoms with E-state index in [-0.39, 0.29) is 10.6 Å². The average Bonchev–Trinajstić information content (AvgIpc) is 2.93. The molecule has 1 aromatic carbocycles. The van der Waals surface area contributed by atoms with Crippen LogP contribution in [0.4, 0.5) is 5.69 Å². The Kier molecular flexibility index (Phi) is 5.55. The molecule has 0 aliphatic carbocycles. The van der Waals surface area contributed by atoms with Gasteiger partial charge in [-0.05, 0) is 31.5 Å². The molecule has 0 saturated carbocycles. The summed E-state index contributed by atoms with van der Waals surface area (Å²) in [5.41, 5.74) is 1.43. The molecule has 0 atom stereocenters. The number of nitrogens with zero attached hydrogens (tertiary/aromatic N) is 2. The third-order valence-electron chi connectivity index (χ3n) is 3.18. The second-order valence-electron chi connectivity index (χ2n) is 4.84. The van der Waals surface area contributed by atoms with Gasteiger partial charge in [0.05, 0.1) is 16.3 Å². The average molecular weight is 348 g/mol. The van der Waals surface area contributed by atoms with Crippen LogP contribution < -0.4 is 5.32 Å². The van der Waals surface area contributed by atoms with Gasteiger partial charge in [0.25, 0.3) is 5.91 Å². The summed E-state index contributed by atoms with van der Waals surface area (Å²) < 4.78 is 9.94. The Morgan fingerprint density at radius 1 is 1.46 bits per heavy atom. The zero-order valence-corrected chi connectivity index (χ0v) is 13.8. The molecule has 0 radical (unpaired) electrons. The number of hydrogen-bond acceptors (Lipinski definition) is 6. The van der Waals surface area contributed by atoms with Gasteiger partial charge in [-0.25, -0.2) is 4.79 Å². The number of ether oxygens (including phenoxy) is 1. The molecule has 1 aromatic heterocycles. The minimum Gasteiger partial charge on any atom is -0.452 e. The van der Waals surface area contributed by atoms with Crippen LogP contribution >= 0.6 is 11.6 Å². The van der Waals surface area contributed by atoms with Crippen molar-refractivity contribution in [2.75, 3.05) is 11.9 Å². The fourth-order valence-corrected chi connectivity index (χ4v) is 2.23. The van der Waals surface area contributed by atoms with Gasteiger partial charge < -0.3 is 14.6 Å². The predicted molar refractivity (Wildman–Crippen MR) is 85.7 cm³/mol. The summed E-state index contributed by atoms with van der Waals surface area (Å²) in [6, 6.07) is 6.38. The number of nitriles is 1. The molecule has 0 unspecified atom stereocenters. The Labute approximate surface area is 143 Å². The molecule has 1 heterocycles. The van der Waals surface area contributed by atoms with E-state index >= 15 is 0 Å². The largest absolute Gasteiger partial charge is 0.452 e. The first kappa shape index (κ1) is 17.5. The third-order valence-corrected chi connectivity index (χ3v) is 3.49. The highest BCUT2D eigenvalue weighted by Crippen LogP contribution is 2.20. The van der Waals surface area contributed by atoms with E-state index in [1.807, 2.05) is 13.0 Å². The molecule has 124 valence electrons. The van der Waals surface area contributed by atoms with Crippen molar-refractivity contribution in [3.05, 3.63) is 45.8 Å². The lowest BCUT2D eigenvalue weighted by molar-refractivity contribution is -0.119. The topological polar surface area (TPSA) is 105 Å². The standard InChI is InChI=1S/C16H14ClN3O4/c1-3-13-15(9(2)24-20-13)16(22)23-8-14(21)19-11-5-4-10(7-18)12(17)6-11/h4-6H,3,8H2,1-2H3,(H,19,21). The maximum atomic E-state index is 12.0. The van der Waals surface area contributed by atoms with Crippen molar-refractivity contribution in [3.8, 4) is 6.07 Å². The Morgan fingerprint density at radius 2 is 2.21 bits per heavy atom. The molecule has 0 fully saturated rings. The molecule has 2 rings (SSSR count). The number of anilines is 1. The van der Waals surface area contributed by atoms with E-state index < -0.39 is 18.5 Å². The maximum Gasteiger partial charge on any atom is 0.344 e. The zero-order valence-electron chi connectivity index (χ0n) is 13.1. The summed E-state index contributed by atoms with van der Waals surface area (Å²) >= 11 is 5.88. The molecule has 8 heteroatoms. The molecule has 0 aliphatic rings. The molecule has 0 aliphatic heterocycles. The molecule has 7 nitrogen and oxygen atoms in total. The lowest BCUT2D eigenvalue weighted by atomic mass is 10.1. The number of carbonyl (C=O) groups excluding carboxylic acids is 2. The number of rotatable bonds is 5. The van der Waals surface area contributed by atoms with Gasteiger partial charge in [0.15, 0.2) is 6.61 Å². The summed E-state index contributed by atoms with van der Waals surface area (Å²) in [5, 5.41) is 15.3. The van der Waals surface area contributed by atoms with Crippen molar-refractivity contribution >= 4 is 29.2 Å². The van der Waals surface area contributed by atoms with Crippen LogP contribution in [-0.2, 0) is 16.0 Å². The summed E-state index contributed by atoms with van der Waals surface area (Å²) in [4.78, 5) is 23.9. The fourth-order valence-electron chi connectivity index (χ4n) is 2.00. The van der Waals surface area contributed by atoms with E-state index in [0.717, 1.165) is 0 Å². The van der Waals surface area contributed by atoms with Crippen molar-refractivity contribution in [1.29, 1.82) is 5.26 Å². The Hall–Kier alpha value is -2.85. The van der Waals surface area contributed by atoms with Crippen LogP contribution in [0.15, 0.2) is 22.7 Å². The number of benzene rings is 1. The number of halogens is 1. The Balaban J connectivity index is 1.96. The van der Waals surface area contributed by atoms with Gasteiger partial charge in [-0.3, -0.25) is 4.79 Å². The van der Waals surface area contributed by atoms with E-state index in [1.54, 1.807) is 6.92 Å². The molecule has 1 amide bonds. The number of esters is 1. The second kappa shape index (κ2) is 7.62. The minimum absolute atomic E-state index is 0.222. The SMILES string of the molecule is CCc1noc(C)c1C(=O)OCC(=O)Nc1ccc(C#N)c(Cl)c1. The van der Waals surface area contributed by atoms with Gasteiger partial charge in [-0.2, -0.15) is 5.26 Å². The number of hydrogen-bond donors (Lipinski definition) is 1. The van der Waals surface area contributed by atoms with Crippen molar-refractivity contribution in [1.82, 2.24) is 5.16 Å². The minimum atomic E-state index is -0.668. The van der Waals surface area contributed by atoms with Gasteiger partial charge in [0.1, 0.15) is 17.4 Å². The molecular weight excluding hydrogens is 334 g/mol. The normalized spacial score (nSPS) is 10.1. The monoisotopic (exact) mass is 347 g/mol. The molecule has 2 aromatic rings. The van der Waals surface area contributed by atoms with Crippen LogP contribution in [0.5, 0.6) is 0 Å². The molecule has 24 heavy (non-hydrogen) atoms. The number of carbonyl (C=O) groups is 2. The van der Waals surface area contributed by atoms with Gasteiger partial charge in [0.2, 0.25) is 0 Å². The first-order chi connectivity index (χ1) is 11.5. The van der Waals surface area contributed by atoms with E-state index in [2.05, 4.69) is 10.5 Å². The van der Waals surface area contributed by atoms with Crippen LogP contribution in [0, 0.1) is 18.3 Å². The lowest BCUT2D eigenvalue weighted by Crippen LogP contribution is -2.21. The highest BCUT2D eigenvalue weighted by Gasteiger charge is 2.21. The van der Waals surface area contributed by atoms with E-state index in [9.17, 15) is 9.59 Å². The zero-order chi connectivity index (χ0) is 17.7. The first-order valence-corrected chi connectivity index (χ1v) is 7.45. The van der Waals surface area contributed by atoms with E-state index in [1.165, 1.54) is 18.2 Å². The first-order valence-electron chi connectivity index (χ1n) is 7.08. The molecule has 0 bridgehead atoms. The number of amides is 1. The second-order valence-corrected chi connectivity index (χ2v) is 5.25. The number of nitrogens with one attached hydrogen (secondary N) is 1. The fraction of sp³-hybridized carbons (Fsp3) is 0.250. The van der Waals surface area contributed by atoms with Crippen molar-refractivity contribution < 1.29 is 18.8 Å². The highest BCUT2D eigenvalue weighted by molar-refractivity contribution is 6.32. The number of aryl methyl sites for hydroxylation is 2. The molecular formula is C16H14ClN3O4. The summed E-state index contributed by atoms with van der Waals surface area (Å²) in [6.45, 7) is 2.96. The smallest absolute Gasteiger partial charge is 0.344 e. The van der Waals surface area contributed by atoms with Crippen molar-refractivity contribution in [2.45, 2.75) is 20.3 Å². The third kappa shape index (κ3) is 3.91. The van der Waals surface area contributed by atoms with Crippen LogP contribution in [0.25, 0.3) is 0 Å². The molecule has 1 N–H and O–H groups in total. The summed E-state index contributed by atoms with van der Waals surface area (Å²) in [7, 11) is 0. The van der Waals surface area contributed by atoms with Gasteiger partial charge >= 0.3 is 5.97 Å².